The van der Waals surface area contributed by atoms with Gasteiger partial charge in [-0.3, -0.25) is 0 Å². The van der Waals surface area contributed by atoms with Crippen molar-refractivity contribution in [3.8, 4) is 5.75 Å². The highest BCUT2D eigenvalue weighted by Gasteiger charge is 2.34. The summed E-state index contributed by atoms with van der Waals surface area (Å²) in [5, 5.41) is 12.9. The number of halogens is 1. The Balaban J connectivity index is 2.28. The lowest BCUT2D eigenvalue weighted by Gasteiger charge is -2.31. The Morgan fingerprint density at radius 3 is 2.78 bits per heavy atom. The van der Waals surface area contributed by atoms with Crippen molar-refractivity contribution < 1.29 is 14.2 Å². The minimum absolute atomic E-state index is 0.170. The van der Waals surface area contributed by atoms with Crippen molar-refractivity contribution in [3.05, 3.63) is 29.6 Å². The first-order valence-corrected chi connectivity index (χ1v) is 6.29. The Morgan fingerprint density at radius 2 is 2.22 bits per heavy atom. The third kappa shape index (κ3) is 2.65. The Bertz CT molecular complexity index is 420. The zero-order valence-corrected chi connectivity index (χ0v) is 10.9. The van der Waals surface area contributed by atoms with E-state index in [-0.39, 0.29) is 12.4 Å². The zero-order valence-electron chi connectivity index (χ0n) is 10.9. The predicted molar refractivity (Wildman–Crippen MR) is 68.1 cm³/mol. The zero-order chi connectivity index (χ0) is 13.2. The van der Waals surface area contributed by atoms with Crippen LogP contribution in [-0.2, 0) is 5.54 Å². The number of rotatable bonds is 6. The van der Waals surface area contributed by atoms with Gasteiger partial charge >= 0.3 is 0 Å². The fourth-order valence-electron chi connectivity index (χ4n) is 2.12. The van der Waals surface area contributed by atoms with Crippen LogP contribution < -0.4 is 10.1 Å². The minimum atomic E-state index is -0.806. The van der Waals surface area contributed by atoms with Crippen LogP contribution in [0.25, 0.3) is 0 Å². The van der Waals surface area contributed by atoms with E-state index in [1.54, 1.807) is 19.1 Å². The number of hydrogen-bond acceptors (Lipinski definition) is 3. The van der Waals surface area contributed by atoms with Gasteiger partial charge in [-0.05, 0) is 44.4 Å². The number of benzene rings is 1. The van der Waals surface area contributed by atoms with Crippen molar-refractivity contribution in [1.29, 1.82) is 0 Å². The van der Waals surface area contributed by atoms with E-state index >= 15 is 0 Å². The molecule has 0 radical (unpaired) electrons. The molecule has 0 aliphatic heterocycles. The van der Waals surface area contributed by atoms with Gasteiger partial charge in [-0.2, -0.15) is 0 Å². The number of nitrogens with one attached hydrogen (secondary N) is 1. The van der Waals surface area contributed by atoms with Crippen molar-refractivity contribution in [3.63, 3.8) is 0 Å². The molecular formula is C14H20FNO2. The molecule has 0 aromatic heterocycles. The largest absolute Gasteiger partial charge is 0.496 e. The molecule has 0 saturated heterocycles. The molecule has 0 heterocycles. The highest BCUT2D eigenvalue weighted by Crippen LogP contribution is 2.34. The van der Waals surface area contributed by atoms with Crippen molar-refractivity contribution in [2.45, 2.75) is 25.3 Å². The van der Waals surface area contributed by atoms with Crippen LogP contribution in [-0.4, -0.2) is 25.4 Å². The predicted octanol–water partition coefficient (Wildman–Crippen LogP) is 2.04. The molecule has 0 bridgehead atoms. The Labute approximate surface area is 107 Å². The van der Waals surface area contributed by atoms with Gasteiger partial charge in [0.05, 0.1) is 24.8 Å². The van der Waals surface area contributed by atoms with Crippen LogP contribution in [0.1, 0.15) is 25.3 Å². The molecule has 3 nitrogen and oxygen atoms in total. The van der Waals surface area contributed by atoms with Crippen molar-refractivity contribution >= 4 is 0 Å². The fraction of sp³-hybridized carbons (Fsp3) is 0.571. The van der Waals surface area contributed by atoms with Gasteiger partial charge in [0.15, 0.2) is 0 Å². The molecule has 2 rings (SSSR count). The summed E-state index contributed by atoms with van der Waals surface area (Å²) in [7, 11) is 1.51. The average molecular weight is 253 g/mol. The van der Waals surface area contributed by atoms with Crippen LogP contribution in [0.3, 0.4) is 0 Å². The molecule has 2 N–H and O–H groups in total. The van der Waals surface area contributed by atoms with E-state index in [0.717, 1.165) is 6.54 Å². The first kappa shape index (κ1) is 13.3. The summed E-state index contributed by atoms with van der Waals surface area (Å²) in [4.78, 5) is 0. The van der Waals surface area contributed by atoms with Crippen molar-refractivity contribution in [1.82, 2.24) is 5.32 Å². The third-order valence-corrected chi connectivity index (χ3v) is 3.54. The van der Waals surface area contributed by atoms with Crippen LogP contribution in [0.4, 0.5) is 4.39 Å². The lowest BCUT2D eigenvalue weighted by atomic mass is 9.91. The SMILES string of the molecule is COc1cccc(F)c1C(C)(CO)NCC1CC1. The molecular weight excluding hydrogens is 233 g/mol. The van der Waals surface area contributed by atoms with Gasteiger partial charge < -0.3 is 15.2 Å². The third-order valence-electron chi connectivity index (χ3n) is 3.54. The number of aliphatic hydroxyl groups excluding tert-OH is 1. The second-order valence-corrected chi connectivity index (χ2v) is 5.13. The fourth-order valence-corrected chi connectivity index (χ4v) is 2.12. The van der Waals surface area contributed by atoms with E-state index in [2.05, 4.69) is 5.32 Å². The van der Waals surface area contributed by atoms with E-state index in [9.17, 15) is 9.50 Å². The van der Waals surface area contributed by atoms with Crippen LogP contribution >= 0.6 is 0 Å². The summed E-state index contributed by atoms with van der Waals surface area (Å²) in [6, 6.07) is 4.71. The maximum atomic E-state index is 14.0. The number of aliphatic hydroxyl groups is 1. The van der Waals surface area contributed by atoms with Gasteiger partial charge in [0.1, 0.15) is 11.6 Å². The maximum Gasteiger partial charge on any atom is 0.132 e. The summed E-state index contributed by atoms with van der Waals surface area (Å²) in [5.41, 5.74) is -0.408. The normalized spacial score (nSPS) is 18.4. The van der Waals surface area contributed by atoms with Gasteiger partial charge in [0, 0.05) is 0 Å². The summed E-state index contributed by atoms with van der Waals surface area (Å²) in [6.07, 6.45) is 2.42. The highest BCUT2D eigenvalue weighted by molar-refractivity contribution is 5.40. The van der Waals surface area contributed by atoms with Gasteiger partial charge in [-0.15, -0.1) is 0 Å². The molecule has 1 unspecified atom stereocenters. The van der Waals surface area contributed by atoms with E-state index in [4.69, 9.17) is 4.74 Å². The average Bonchev–Trinajstić information content (AvgIpc) is 3.19. The molecule has 1 aliphatic rings. The molecule has 1 saturated carbocycles. The number of methoxy groups -OCH3 is 1. The minimum Gasteiger partial charge on any atom is -0.496 e. The molecule has 18 heavy (non-hydrogen) atoms. The van der Waals surface area contributed by atoms with Crippen molar-refractivity contribution in [2.24, 2.45) is 5.92 Å². The monoisotopic (exact) mass is 253 g/mol. The smallest absolute Gasteiger partial charge is 0.132 e. The van der Waals surface area contributed by atoms with E-state index in [1.165, 1.54) is 26.0 Å². The first-order chi connectivity index (χ1) is 8.60. The molecule has 1 fully saturated rings. The van der Waals surface area contributed by atoms with Gasteiger partial charge in [-0.1, -0.05) is 6.07 Å². The Kier molecular flexibility index (Phi) is 3.88. The summed E-state index contributed by atoms with van der Waals surface area (Å²) in [6.45, 7) is 2.43. The molecule has 100 valence electrons. The molecule has 4 heteroatoms. The van der Waals surface area contributed by atoms with Crippen LogP contribution in [0.2, 0.25) is 0 Å². The van der Waals surface area contributed by atoms with Crippen molar-refractivity contribution in [2.75, 3.05) is 20.3 Å². The summed E-state index contributed by atoms with van der Waals surface area (Å²) in [5.74, 6) is 0.776. The molecule has 1 aliphatic carbocycles. The molecule has 1 aromatic rings. The Hall–Kier alpha value is -1.13. The molecule has 0 amide bonds. The van der Waals surface area contributed by atoms with Crippen LogP contribution in [0.15, 0.2) is 18.2 Å². The van der Waals surface area contributed by atoms with Gasteiger partial charge in [0.2, 0.25) is 0 Å². The van der Waals surface area contributed by atoms with Crippen LogP contribution in [0.5, 0.6) is 5.75 Å². The summed E-state index contributed by atoms with van der Waals surface area (Å²) < 4.78 is 19.2. The second-order valence-electron chi connectivity index (χ2n) is 5.13. The Morgan fingerprint density at radius 1 is 1.50 bits per heavy atom. The molecule has 1 aromatic carbocycles. The quantitative estimate of drug-likeness (QED) is 0.815. The lowest BCUT2D eigenvalue weighted by molar-refractivity contribution is 0.166. The molecule has 0 spiro atoms. The number of ether oxygens (including phenoxy) is 1. The van der Waals surface area contributed by atoms with E-state index in [0.29, 0.717) is 17.2 Å². The number of hydrogen-bond donors (Lipinski definition) is 2. The van der Waals surface area contributed by atoms with E-state index < -0.39 is 5.54 Å². The summed E-state index contributed by atoms with van der Waals surface area (Å²) >= 11 is 0. The lowest BCUT2D eigenvalue weighted by Crippen LogP contribution is -2.44. The second kappa shape index (κ2) is 5.24. The van der Waals surface area contributed by atoms with Gasteiger partial charge in [-0.25, -0.2) is 4.39 Å². The molecule has 1 atom stereocenters. The first-order valence-electron chi connectivity index (χ1n) is 6.29. The standard InChI is InChI=1S/C14H20FNO2/c1-14(9-17,16-8-10-6-7-10)13-11(15)4-3-5-12(13)18-2/h3-5,10,16-17H,6-9H2,1-2H3. The van der Waals surface area contributed by atoms with Gasteiger partial charge in [0.25, 0.3) is 0 Å². The van der Waals surface area contributed by atoms with E-state index in [1.807, 2.05) is 0 Å². The highest BCUT2D eigenvalue weighted by atomic mass is 19.1. The maximum absolute atomic E-state index is 14.0. The van der Waals surface area contributed by atoms with Crippen LogP contribution in [0, 0.1) is 11.7 Å². The topological polar surface area (TPSA) is 41.5 Å².